The zero-order valence-corrected chi connectivity index (χ0v) is 11.7. The highest BCUT2D eigenvalue weighted by molar-refractivity contribution is 5.77. The van der Waals surface area contributed by atoms with E-state index in [0.717, 1.165) is 31.6 Å². The Kier molecular flexibility index (Phi) is 3.61. The van der Waals surface area contributed by atoms with Crippen molar-refractivity contribution >= 4 is 11.6 Å². The number of nitrogens with one attached hydrogen (secondary N) is 1. The Morgan fingerprint density at radius 1 is 1.45 bits per heavy atom. The number of aliphatic hydroxyl groups is 1. The molecule has 5 nitrogen and oxygen atoms in total. The number of hydrogen-bond acceptors (Lipinski definition) is 4. The number of piperidine rings is 2. The molecular formula is C15H21N3O2. The monoisotopic (exact) mass is 275 g/mol. The normalized spacial score (nSPS) is 27.7. The van der Waals surface area contributed by atoms with Crippen molar-refractivity contribution in [3.8, 4) is 0 Å². The van der Waals surface area contributed by atoms with Gasteiger partial charge in [-0.15, -0.1) is 0 Å². The summed E-state index contributed by atoms with van der Waals surface area (Å²) in [7, 11) is 0. The van der Waals surface area contributed by atoms with Crippen molar-refractivity contribution in [1.82, 2.24) is 10.3 Å². The molecule has 5 heteroatoms. The molecule has 0 spiro atoms. The van der Waals surface area contributed by atoms with Crippen LogP contribution in [0, 0.1) is 5.92 Å². The molecule has 0 saturated carbocycles. The summed E-state index contributed by atoms with van der Waals surface area (Å²) in [4.78, 5) is 18.1. The summed E-state index contributed by atoms with van der Waals surface area (Å²) in [6.45, 7) is 3.63. The lowest BCUT2D eigenvalue weighted by Crippen LogP contribution is -2.54. The molecule has 108 valence electrons. The fourth-order valence-electron chi connectivity index (χ4n) is 3.18. The lowest BCUT2D eigenvalue weighted by Gasteiger charge is -2.42. The van der Waals surface area contributed by atoms with Crippen molar-refractivity contribution < 1.29 is 9.90 Å². The first-order valence-electron chi connectivity index (χ1n) is 7.32. The van der Waals surface area contributed by atoms with E-state index in [1.54, 1.807) is 6.92 Å². The third kappa shape index (κ3) is 2.63. The summed E-state index contributed by atoms with van der Waals surface area (Å²) in [5.41, 5.74) is 1.80. The first kappa shape index (κ1) is 13.4. The molecule has 2 fully saturated rings. The summed E-state index contributed by atoms with van der Waals surface area (Å²) >= 11 is 0. The first-order chi connectivity index (χ1) is 9.63. The lowest BCUT2D eigenvalue weighted by atomic mass is 9.85. The molecule has 1 amide bonds. The standard InChI is InChI=1S/C15H21N3O2/c1-10(19)13-4-3-12(8-16-13)18-7-6-14-11(9-18)2-5-15(20)17-14/h3-4,8,10-11,14,19H,2,5-7,9H2,1H3,(H,17,20). The second-order valence-corrected chi connectivity index (χ2v) is 5.82. The predicted molar refractivity (Wildman–Crippen MR) is 76.4 cm³/mol. The molecule has 2 saturated heterocycles. The fourth-order valence-corrected chi connectivity index (χ4v) is 3.18. The number of aliphatic hydroxyl groups excluding tert-OH is 1. The van der Waals surface area contributed by atoms with Gasteiger partial charge in [0.1, 0.15) is 0 Å². The van der Waals surface area contributed by atoms with Gasteiger partial charge in [0.15, 0.2) is 0 Å². The van der Waals surface area contributed by atoms with Crippen molar-refractivity contribution in [3.63, 3.8) is 0 Å². The van der Waals surface area contributed by atoms with Crippen LogP contribution in [0.2, 0.25) is 0 Å². The largest absolute Gasteiger partial charge is 0.387 e. The second-order valence-electron chi connectivity index (χ2n) is 5.82. The molecule has 2 N–H and O–H groups in total. The van der Waals surface area contributed by atoms with Gasteiger partial charge in [0.05, 0.1) is 23.7 Å². The molecule has 0 radical (unpaired) electrons. The highest BCUT2D eigenvalue weighted by Crippen LogP contribution is 2.28. The third-order valence-corrected chi connectivity index (χ3v) is 4.39. The molecule has 0 bridgehead atoms. The molecule has 1 aromatic rings. The van der Waals surface area contributed by atoms with Crippen LogP contribution >= 0.6 is 0 Å². The minimum absolute atomic E-state index is 0.197. The third-order valence-electron chi connectivity index (χ3n) is 4.39. The van der Waals surface area contributed by atoms with Gasteiger partial charge in [0, 0.05) is 25.6 Å². The SMILES string of the molecule is CC(O)c1ccc(N2CCC3NC(=O)CCC3C2)cn1. The van der Waals surface area contributed by atoms with Gasteiger partial charge in [-0.05, 0) is 37.8 Å². The topological polar surface area (TPSA) is 65.5 Å². The number of amides is 1. The average molecular weight is 275 g/mol. The lowest BCUT2D eigenvalue weighted by molar-refractivity contribution is -0.124. The van der Waals surface area contributed by atoms with E-state index in [2.05, 4.69) is 15.2 Å². The van der Waals surface area contributed by atoms with Crippen LogP contribution in [-0.4, -0.2) is 35.1 Å². The minimum Gasteiger partial charge on any atom is -0.387 e. The Hall–Kier alpha value is -1.62. The van der Waals surface area contributed by atoms with E-state index in [-0.39, 0.29) is 5.91 Å². The molecule has 3 rings (SSSR count). The van der Waals surface area contributed by atoms with E-state index in [0.29, 0.717) is 24.1 Å². The number of carbonyl (C=O) groups is 1. The molecule has 3 unspecified atom stereocenters. The van der Waals surface area contributed by atoms with Crippen LogP contribution in [0.25, 0.3) is 0 Å². The summed E-state index contributed by atoms with van der Waals surface area (Å²) in [5, 5.41) is 12.6. The van der Waals surface area contributed by atoms with Crippen LogP contribution in [-0.2, 0) is 4.79 Å². The number of anilines is 1. The van der Waals surface area contributed by atoms with Gasteiger partial charge < -0.3 is 15.3 Å². The average Bonchev–Trinajstić information content (AvgIpc) is 2.47. The number of aromatic nitrogens is 1. The second kappa shape index (κ2) is 5.40. The Balaban J connectivity index is 1.68. The van der Waals surface area contributed by atoms with Gasteiger partial charge in [-0.2, -0.15) is 0 Å². The Morgan fingerprint density at radius 2 is 2.30 bits per heavy atom. The van der Waals surface area contributed by atoms with E-state index in [9.17, 15) is 9.90 Å². The van der Waals surface area contributed by atoms with Crippen molar-refractivity contribution in [1.29, 1.82) is 0 Å². The quantitative estimate of drug-likeness (QED) is 0.852. The molecular weight excluding hydrogens is 254 g/mol. The Bertz CT molecular complexity index is 486. The molecule has 3 atom stereocenters. The van der Waals surface area contributed by atoms with Crippen LogP contribution in [0.3, 0.4) is 0 Å². The van der Waals surface area contributed by atoms with E-state index >= 15 is 0 Å². The van der Waals surface area contributed by atoms with Gasteiger partial charge in [-0.25, -0.2) is 0 Å². The zero-order chi connectivity index (χ0) is 14.1. The molecule has 2 aliphatic rings. The number of pyridine rings is 1. The summed E-state index contributed by atoms with van der Waals surface area (Å²) in [5.74, 6) is 0.737. The molecule has 0 aromatic carbocycles. The zero-order valence-electron chi connectivity index (χ0n) is 11.7. The van der Waals surface area contributed by atoms with Crippen LogP contribution in [0.1, 0.15) is 38.0 Å². The fraction of sp³-hybridized carbons (Fsp3) is 0.600. The van der Waals surface area contributed by atoms with Gasteiger partial charge in [0.2, 0.25) is 5.91 Å². The highest BCUT2D eigenvalue weighted by Gasteiger charge is 2.33. The first-order valence-corrected chi connectivity index (χ1v) is 7.32. The maximum Gasteiger partial charge on any atom is 0.220 e. The van der Waals surface area contributed by atoms with E-state index < -0.39 is 6.10 Å². The van der Waals surface area contributed by atoms with Crippen LogP contribution in [0.4, 0.5) is 5.69 Å². The van der Waals surface area contributed by atoms with Crippen LogP contribution in [0.5, 0.6) is 0 Å². The smallest absolute Gasteiger partial charge is 0.220 e. The Labute approximate surface area is 119 Å². The van der Waals surface area contributed by atoms with Crippen molar-refractivity contribution in [3.05, 3.63) is 24.0 Å². The molecule has 2 aliphatic heterocycles. The molecule has 1 aromatic heterocycles. The number of carbonyl (C=O) groups excluding carboxylic acids is 1. The number of nitrogens with zero attached hydrogens (tertiary/aromatic N) is 2. The van der Waals surface area contributed by atoms with Crippen molar-refractivity contribution in [2.45, 2.75) is 38.3 Å². The Morgan fingerprint density at radius 3 is 3.00 bits per heavy atom. The maximum absolute atomic E-state index is 11.4. The summed E-state index contributed by atoms with van der Waals surface area (Å²) in [6, 6.07) is 4.25. The van der Waals surface area contributed by atoms with E-state index in [1.165, 1.54) is 0 Å². The van der Waals surface area contributed by atoms with Crippen molar-refractivity contribution in [2.75, 3.05) is 18.0 Å². The van der Waals surface area contributed by atoms with Gasteiger partial charge >= 0.3 is 0 Å². The highest BCUT2D eigenvalue weighted by atomic mass is 16.3. The maximum atomic E-state index is 11.4. The van der Waals surface area contributed by atoms with E-state index in [4.69, 9.17) is 0 Å². The molecule has 0 aliphatic carbocycles. The molecule has 3 heterocycles. The predicted octanol–water partition coefficient (Wildman–Crippen LogP) is 1.24. The number of rotatable bonds is 2. The van der Waals surface area contributed by atoms with Gasteiger partial charge in [-0.1, -0.05) is 0 Å². The van der Waals surface area contributed by atoms with Gasteiger partial charge in [0.25, 0.3) is 0 Å². The summed E-state index contributed by atoms with van der Waals surface area (Å²) < 4.78 is 0. The van der Waals surface area contributed by atoms with E-state index in [1.807, 2.05) is 18.3 Å². The molecule has 20 heavy (non-hydrogen) atoms. The van der Waals surface area contributed by atoms with Crippen LogP contribution in [0.15, 0.2) is 18.3 Å². The summed E-state index contributed by atoms with van der Waals surface area (Å²) in [6.07, 6.45) is 3.93. The van der Waals surface area contributed by atoms with Gasteiger partial charge in [-0.3, -0.25) is 9.78 Å². The van der Waals surface area contributed by atoms with Crippen molar-refractivity contribution in [2.24, 2.45) is 5.92 Å². The number of fused-ring (bicyclic) bond motifs is 1. The minimum atomic E-state index is -0.525. The number of hydrogen-bond donors (Lipinski definition) is 2. The van der Waals surface area contributed by atoms with Crippen LogP contribution < -0.4 is 10.2 Å².